The van der Waals surface area contributed by atoms with E-state index in [0.29, 0.717) is 13.2 Å². The maximum Gasteiger partial charge on any atom is 0.332 e. The highest BCUT2D eigenvalue weighted by Gasteiger charge is 2.20. The summed E-state index contributed by atoms with van der Waals surface area (Å²) in [5.41, 5.74) is 0. The molecule has 0 radical (unpaired) electrons. The van der Waals surface area contributed by atoms with Crippen molar-refractivity contribution in [1.82, 2.24) is 5.32 Å². The van der Waals surface area contributed by atoms with Crippen LogP contribution in [-0.4, -0.2) is 51.1 Å². The topological polar surface area (TPSA) is 56.8 Å². The van der Waals surface area contributed by atoms with Gasteiger partial charge in [0.15, 0.2) is 0 Å². The highest BCUT2D eigenvalue weighted by atomic mass is 16.6. The van der Waals surface area contributed by atoms with Gasteiger partial charge in [0, 0.05) is 12.8 Å². The number of esters is 1. The molecule has 2 heterocycles. The highest BCUT2D eigenvalue weighted by molar-refractivity contribution is 5.70. The molecule has 2 fully saturated rings. The van der Waals surface area contributed by atoms with E-state index in [1.807, 2.05) is 0 Å². The van der Waals surface area contributed by atoms with Gasteiger partial charge < -0.3 is 19.5 Å². The van der Waals surface area contributed by atoms with Crippen LogP contribution >= 0.6 is 0 Å². The highest BCUT2D eigenvalue weighted by Crippen LogP contribution is 2.12. The zero-order chi connectivity index (χ0) is 11.9. The van der Waals surface area contributed by atoms with Gasteiger partial charge in [-0.25, -0.2) is 4.79 Å². The maximum absolute atomic E-state index is 11.6. The van der Waals surface area contributed by atoms with Crippen molar-refractivity contribution in [3.05, 3.63) is 0 Å². The van der Waals surface area contributed by atoms with Crippen molar-refractivity contribution in [2.45, 2.75) is 37.9 Å². The smallest absolute Gasteiger partial charge is 0.332 e. The molecule has 1 N–H and O–H groups in total. The van der Waals surface area contributed by atoms with Crippen molar-refractivity contribution >= 4 is 5.97 Å². The number of piperidine rings is 1. The van der Waals surface area contributed by atoms with E-state index in [1.54, 1.807) is 0 Å². The van der Waals surface area contributed by atoms with Crippen molar-refractivity contribution in [2.24, 2.45) is 0 Å². The van der Waals surface area contributed by atoms with E-state index in [1.165, 1.54) is 0 Å². The van der Waals surface area contributed by atoms with E-state index < -0.39 is 0 Å². The third-order valence-electron chi connectivity index (χ3n) is 3.19. The van der Waals surface area contributed by atoms with Crippen LogP contribution in [-0.2, 0) is 19.0 Å². The predicted octanol–water partition coefficient (Wildman–Crippen LogP) is 0.477. The fourth-order valence-electron chi connectivity index (χ4n) is 2.16. The molecule has 0 spiro atoms. The van der Waals surface area contributed by atoms with Crippen molar-refractivity contribution in [3.8, 4) is 0 Å². The number of hydrogen-bond acceptors (Lipinski definition) is 5. The van der Waals surface area contributed by atoms with E-state index in [9.17, 15) is 4.79 Å². The molecule has 0 unspecified atom stereocenters. The largest absolute Gasteiger partial charge is 0.460 e. The molecule has 0 amide bonds. The molecule has 2 aliphatic rings. The third kappa shape index (κ3) is 4.61. The Bertz CT molecular complexity index is 235. The van der Waals surface area contributed by atoms with Crippen molar-refractivity contribution in [2.75, 3.05) is 32.9 Å². The van der Waals surface area contributed by atoms with Crippen LogP contribution in [0.25, 0.3) is 0 Å². The summed E-state index contributed by atoms with van der Waals surface area (Å²) in [6, 6.07) is 0. The molecule has 0 aromatic heterocycles. The average molecular weight is 243 g/mol. The van der Waals surface area contributed by atoms with E-state index >= 15 is 0 Å². The van der Waals surface area contributed by atoms with E-state index in [2.05, 4.69) is 5.32 Å². The van der Waals surface area contributed by atoms with Gasteiger partial charge >= 0.3 is 5.97 Å². The molecule has 5 nitrogen and oxygen atoms in total. The summed E-state index contributed by atoms with van der Waals surface area (Å²) in [6.07, 6.45) is 3.79. The molecule has 0 atom stereocenters. The van der Waals surface area contributed by atoms with E-state index in [-0.39, 0.29) is 24.8 Å². The summed E-state index contributed by atoms with van der Waals surface area (Å²) < 4.78 is 16.1. The first-order valence-electron chi connectivity index (χ1n) is 6.44. The SMILES string of the molecule is O=C(COC1CCNCC1)OC1CCOCC1. The van der Waals surface area contributed by atoms with Gasteiger partial charge in [-0.2, -0.15) is 0 Å². The van der Waals surface area contributed by atoms with Crippen molar-refractivity contribution in [3.63, 3.8) is 0 Å². The van der Waals surface area contributed by atoms with Gasteiger partial charge in [0.2, 0.25) is 0 Å². The molecule has 2 saturated heterocycles. The first-order valence-corrected chi connectivity index (χ1v) is 6.44. The summed E-state index contributed by atoms with van der Waals surface area (Å²) in [5.74, 6) is -0.240. The summed E-state index contributed by atoms with van der Waals surface area (Å²) in [4.78, 5) is 11.6. The Hall–Kier alpha value is -0.650. The number of hydrogen-bond donors (Lipinski definition) is 1. The van der Waals surface area contributed by atoms with Crippen LogP contribution in [0, 0.1) is 0 Å². The molecule has 2 rings (SSSR count). The molecule has 0 bridgehead atoms. The minimum absolute atomic E-state index is 0.0212. The second-order valence-electron chi connectivity index (χ2n) is 4.56. The molecule has 0 saturated carbocycles. The fourth-order valence-corrected chi connectivity index (χ4v) is 2.16. The molecule has 0 aliphatic carbocycles. The lowest BCUT2D eigenvalue weighted by molar-refractivity contribution is -0.160. The number of nitrogens with one attached hydrogen (secondary N) is 1. The van der Waals surface area contributed by atoms with Crippen LogP contribution in [0.2, 0.25) is 0 Å². The van der Waals surface area contributed by atoms with Crippen molar-refractivity contribution in [1.29, 1.82) is 0 Å². The maximum atomic E-state index is 11.6. The normalized spacial score (nSPS) is 23.5. The van der Waals surface area contributed by atoms with Crippen LogP contribution in [0.1, 0.15) is 25.7 Å². The average Bonchev–Trinajstić information content (AvgIpc) is 2.39. The van der Waals surface area contributed by atoms with Gasteiger partial charge in [-0.15, -0.1) is 0 Å². The lowest BCUT2D eigenvalue weighted by atomic mass is 10.1. The lowest BCUT2D eigenvalue weighted by Crippen LogP contribution is -2.34. The van der Waals surface area contributed by atoms with Crippen molar-refractivity contribution < 1.29 is 19.0 Å². The van der Waals surface area contributed by atoms with E-state index in [0.717, 1.165) is 38.8 Å². The van der Waals surface area contributed by atoms with Gasteiger partial charge in [0.1, 0.15) is 12.7 Å². The Morgan fingerprint density at radius 1 is 1.12 bits per heavy atom. The number of carbonyl (C=O) groups excluding carboxylic acids is 1. The number of rotatable bonds is 4. The molecule has 5 heteroatoms. The monoisotopic (exact) mass is 243 g/mol. The molecule has 2 aliphatic heterocycles. The molecule has 98 valence electrons. The predicted molar refractivity (Wildman–Crippen MR) is 61.8 cm³/mol. The number of carbonyl (C=O) groups is 1. The Morgan fingerprint density at radius 2 is 1.82 bits per heavy atom. The van der Waals surface area contributed by atoms with Crippen LogP contribution in [0.4, 0.5) is 0 Å². The first kappa shape index (κ1) is 12.8. The van der Waals surface area contributed by atoms with Crippen LogP contribution in [0.5, 0.6) is 0 Å². The summed E-state index contributed by atoms with van der Waals surface area (Å²) >= 11 is 0. The van der Waals surface area contributed by atoms with Crippen LogP contribution in [0.3, 0.4) is 0 Å². The van der Waals surface area contributed by atoms with Crippen LogP contribution in [0.15, 0.2) is 0 Å². The summed E-state index contributed by atoms with van der Waals surface area (Å²) in [5, 5.41) is 3.26. The molecular formula is C12H21NO4. The second-order valence-corrected chi connectivity index (χ2v) is 4.56. The Morgan fingerprint density at radius 3 is 2.53 bits per heavy atom. The molecule has 0 aromatic carbocycles. The Labute approximate surface area is 102 Å². The number of ether oxygens (including phenoxy) is 3. The standard InChI is InChI=1S/C12H21NO4/c14-12(17-11-3-7-15-8-4-11)9-16-10-1-5-13-6-2-10/h10-11,13H,1-9H2. The van der Waals surface area contributed by atoms with Gasteiger partial charge in [-0.1, -0.05) is 0 Å². The first-order chi connectivity index (χ1) is 8.34. The van der Waals surface area contributed by atoms with Crippen LogP contribution < -0.4 is 5.32 Å². The minimum Gasteiger partial charge on any atom is -0.460 e. The molecular weight excluding hydrogens is 222 g/mol. The lowest BCUT2D eigenvalue weighted by Gasteiger charge is -2.24. The Balaban J connectivity index is 1.59. The summed E-state index contributed by atoms with van der Waals surface area (Å²) in [7, 11) is 0. The fraction of sp³-hybridized carbons (Fsp3) is 0.917. The zero-order valence-corrected chi connectivity index (χ0v) is 10.2. The van der Waals surface area contributed by atoms with Gasteiger partial charge in [-0.05, 0) is 25.9 Å². The van der Waals surface area contributed by atoms with Gasteiger partial charge in [0.25, 0.3) is 0 Å². The third-order valence-corrected chi connectivity index (χ3v) is 3.19. The van der Waals surface area contributed by atoms with E-state index in [4.69, 9.17) is 14.2 Å². The quantitative estimate of drug-likeness (QED) is 0.728. The van der Waals surface area contributed by atoms with Gasteiger partial charge in [-0.3, -0.25) is 0 Å². The summed E-state index contributed by atoms with van der Waals surface area (Å²) in [6.45, 7) is 3.40. The minimum atomic E-state index is -0.240. The zero-order valence-electron chi connectivity index (χ0n) is 10.2. The molecule has 0 aromatic rings. The van der Waals surface area contributed by atoms with Gasteiger partial charge in [0.05, 0.1) is 19.3 Å². The second kappa shape index (κ2) is 6.93. The molecule has 17 heavy (non-hydrogen) atoms. The Kier molecular flexibility index (Phi) is 5.22.